The second kappa shape index (κ2) is 6.43. The Balaban J connectivity index is 2.65. The maximum absolute atomic E-state index is 13.7. The van der Waals surface area contributed by atoms with Gasteiger partial charge in [0.15, 0.2) is 0 Å². The van der Waals surface area contributed by atoms with Crippen molar-refractivity contribution < 1.29 is 18.7 Å². The van der Waals surface area contributed by atoms with Gasteiger partial charge in [-0.3, -0.25) is 0 Å². The Morgan fingerprint density at radius 3 is 2.74 bits per heavy atom. The lowest BCUT2D eigenvalue weighted by Gasteiger charge is -2.26. The highest BCUT2D eigenvalue weighted by atomic mass is 19.1. The SMILES string of the molecule is CC(C)(CNC/C=C/C(=O)O)c1cc(F)ccc1F. The molecule has 0 spiro atoms. The molecule has 0 amide bonds. The Bertz CT molecular complexity index is 484. The van der Waals surface area contributed by atoms with E-state index in [-0.39, 0.29) is 0 Å². The molecule has 0 atom stereocenters. The van der Waals surface area contributed by atoms with E-state index in [0.29, 0.717) is 18.7 Å². The molecule has 0 aromatic heterocycles. The molecule has 2 N–H and O–H groups in total. The Morgan fingerprint density at radius 2 is 2.11 bits per heavy atom. The molecule has 19 heavy (non-hydrogen) atoms. The highest BCUT2D eigenvalue weighted by molar-refractivity contribution is 5.79. The third-order valence-corrected chi connectivity index (χ3v) is 2.75. The van der Waals surface area contributed by atoms with Gasteiger partial charge < -0.3 is 10.4 Å². The molecule has 0 saturated heterocycles. The number of carbonyl (C=O) groups is 1. The van der Waals surface area contributed by atoms with E-state index in [0.717, 1.165) is 18.2 Å². The van der Waals surface area contributed by atoms with Gasteiger partial charge in [0.05, 0.1) is 0 Å². The fourth-order valence-electron chi connectivity index (χ4n) is 1.74. The Kier molecular flexibility index (Phi) is 5.18. The first-order valence-corrected chi connectivity index (χ1v) is 5.88. The summed E-state index contributed by atoms with van der Waals surface area (Å²) in [4.78, 5) is 10.3. The molecule has 1 rings (SSSR count). The van der Waals surface area contributed by atoms with E-state index in [1.54, 1.807) is 13.8 Å². The van der Waals surface area contributed by atoms with Crippen LogP contribution in [0.3, 0.4) is 0 Å². The molecule has 0 fully saturated rings. The molecule has 0 aliphatic carbocycles. The van der Waals surface area contributed by atoms with Crippen molar-refractivity contribution in [1.29, 1.82) is 0 Å². The molecule has 0 unspecified atom stereocenters. The predicted molar refractivity (Wildman–Crippen MR) is 69.0 cm³/mol. The monoisotopic (exact) mass is 269 g/mol. The second-order valence-electron chi connectivity index (χ2n) is 4.88. The van der Waals surface area contributed by atoms with Crippen LogP contribution in [0, 0.1) is 11.6 Å². The largest absolute Gasteiger partial charge is 0.478 e. The average molecular weight is 269 g/mol. The lowest BCUT2D eigenvalue weighted by molar-refractivity contribution is -0.131. The Labute approximate surface area is 110 Å². The van der Waals surface area contributed by atoms with E-state index in [4.69, 9.17) is 5.11 Å². The van der Waals surface area contributed by atoms with Gasteiger partial charge in [0.25, 0.3) is 0 Å². The normalized spacial score (nSPS) is 12.0. The van der Waals surface area contributed by atoms with Crippen molar-refractivity contribution in [1.82, 2.24) is 5.32 Å². The summed E-state index contributed by atoms with van der Waals surface area (Å²) in [5.41, 5.74) is -0.300. The van der Waals surface area contributed by atoms with Gasteiger partial charge in [-0.05, 0) is 23.8 Å². The first-order chi connectivity index (χ1) is 8.83. The molecule has 0 radical (unpaired) electrons. The van der Waals surface area contributed by atoms with Gasteiger partial charge in [0.1, 0.15) is 11.6 Å². The highest BCUT2D eigenvalue weighted by Crippen LogP contribution is 2.25. The fourth-order valence-corrected chi connectivity index (χ4v) is 1.74. The molecule has 3 nitrogen and oxygen atoms in total. The van der Waals surface area contributed by atoms with Crippen LogP contribution < -0.4 is 5.32 Å². The number of hydrogen-bond acceptors (Lipinski definition) is 2. The standard InChI is InChI=1S/C14H17F2NO2/c1-14(2,9-17-7-3-4-13(18)19)11-8-10(15)5-6-12(11)16/h3-6,8,17H,7,9H2,1-2H3,(H,18,19)/b4-3+. The van der Waals surface area contributed by atoms with E-state index in [1.807, 2.05) is 0 Å². The molecule has 1 aromatic rings. The number of rotatable bonds is 6. The maximum atomic E-state index is 13.7. The molecule has 0 bridgehead atoms. The van der Waals surface area contributed by atoms with Crippen LogP contribution in [0.15, 0.2) is 30.4 Å². The molecule has 1 aromatic carbocycles. The van der Waals surface area contributed by atoms with E-state index >= 15 is 0 Å². The average Bonchev–Trinajstić information content (AvgIpc) is 2.31. The topological polar surface area (TPSA) is 49.3 Å². The lowest BCUT2D eigenvalue weighted by atomic mass is 9.84. The first-order valence-electron chi connectivity index (χ1n) is 5.88. The molecular weight excluding hydrogens is 252 g/mol. The zero-order valence-corrected chi connectivity index (χ0v) is 10.9. The lowest BCUT2D eigenvalue weighted by Crippen LogP contribution is -2.34. The van der Waals surface area contributed by atoms with Crippen LogP contribution in [-0.2, 0) is 10.2 Å². The number of aliphatic carboxylic acids is 1. The zero-order chi connectivity index (χ0) is 14.5. The minimum Gasteiger partial charge on any atom is -0.478 e. The summed E-state index contributed by atoms with van der Waals surface area (Å²) < 4.78 is 26.8. The summed E-state index contributed by atoms with van der Waals surface area (Å²) in [6.07, 6.45) is 2.49. The van der Waals surface area contributed by atoms with Crippen molar-refractivity contribution in [3.8, 4) is 0 Å². The smallest absolute Gasteiger partial charge is 0.328 e. The number of carboxylic acid groups (broad SMARTS) is 1. The molecule has 0 saturated carbocycles. The van der Waals surface area contributed by atoms with Gasteiger partial charge in [-0.15, -0.1) is 0 Å². The van der Waals surface area contributed by atoms with Crippen molar-refractivity contribution in [3.63, 3.8) is 0 Å². The molecule has 0 heterocycles. The van der Waals surface area contributed by atoms with Crippen molar-refractivity contribution in [2.24, 2.45) is 0 Å². The minimum absolute atomic E-state index is 0.294. The summed E-state index contributed by atoms with van der Waals surface area (Å²) in [5.74, 6) is -1.94. The van der Waals surface area contributed by atoms with Gasteiger partial charge >= 0.3 is 5.97 Å². The number of hydrogen-bond donors (Lipinski definition) is 2. The van der Waals surface area contributed by atoms with Crippen LogP contribution >= 0.6 is 0 Å². The number of halogens is 2. The van der Waals surface area contributed by atoms with Crippen molar-refractivity contribution in [3.05, 3.63) is 47.5 Å². The Morgan fingerprint density at radius 1 is 1.42 bits per heavy atom. The van der Waals surface area contributed by atoms with Gasteiger partial charge in [-0.1, -0.05) is 19.9 Å². The predicted octanol–water partition coefficient (Wildman–Crippen LogP) is 2.47. The van der Waals surface area contributed by atoms with Gasteiger partial charge in [0.2, 0.25) is 0 Å². The van der Waals surface area contributed by atoms with Gasteiger partial charge in [-0.2, -0.15) is 0 Å². The van der Waals surface area contributed by atoms with Crippen molar-refractivity contribution in [2.75, 3.05) is 13.1 Å². The van der Waals surface area contributed by atoms with E-state index < -0.39 is 23.0 Å². The molecule has 0 aliphatic heterocycles. The summed E-state index contributed by atoms with van der Waals surface area (Å²) in [6.45, 7) is 4.33. The molecule has 104 valence electrons. The van der Waals surface area contributed by atoms with Crippen molar-refractivity contribution >= 4 is 5.97 Å². The van der Waals surface area contributed by atoms with Crippen LogP contribution in [0.4, 0.5) is 8.78 Å². The summed E-state index contributed by atoms with van der Waals surface area (Å²) in [5, 5.41) is 11.4. The molecule has 5 heteroatoms. The fraction of sp³-hybridized carbons (Fsp3) is 0.357. The van der Waals surface area contributed by atoms with Crippen molar-refractivity contribution in [2.45, 2.75) is 19.3 Å². The van der Waals surface area contributed by atoms with E-state index in [2.05, 4.69) is 5.32 Å². The number of carboxylic acids is 1. The highest BCUT2D eigenvalue weighted by Gasteiger charge is 2.24. The number of benzene rings is 1. The molecule has 0 aliphatic rings. The van der Waals surface area contributed by atoms with Gasteiger partial charge in [-0.25, -0.2) is 13.6 Å². The summed E-state index contributed by atoms with van der Waals surface area (Å²) in [7, 11) is 0. The number of nitrogens with one attached hydrogen (secondary N) is 1. The van der Waals surface area contributed by atoms with Gasteiger partial charge in [0, 0.05) is 24.6 Å². The maximum Gasteiger partial charge on any atom is 0.328 e. The van der Waals surface area contributed by atoms with E-state index in [9.17, 15) is 13.6 Å². The van der Waals surface area contributed by atoms with Crippen LogP contribution in [-0.4, -0.2) is 24.2 Å². The third kappa shape index (κ3) is 4.79. The summed E-state index contributed by atoms with van der Waals surface area (Å²) in [6, 6.07) is 3.37. The van der Waals surface area contributed by atoms with Crippen LogP contribution in [0.2, 0.25) is 0 Å². The van der Waals surface area contributed by atoms with E-state index in [1.165, 1.54) is 12.1 Å². The Hall–Kier alpha value is -1.75. The second-order valence-corrected chi connectivity index (χ2v) is 4.88. The van der Waals surface area contributed by atoms with Crippen LogP contribution in [0.1, 0.15) is 19.4 Å². The van der Waals surface area contributed by atoms with Crippen LogP contribution in [0.5, 0.6) is 0 Å². The first kappa shape index (κ1) is 15.3. The quantitative estimate of drug-likeness (QED) is 0.616. The molecular formula is C14H17F2NO2. The third-order valence-electron chi connectivity index (χ3n) is 2.75. The zero-order valence-electron chi connectivity index (χ0n) is 10.9. The summed E-state index contributed by atoms with van der Waals surface area (Å²) >= 11 is 0. The minimum atomic E-state index is -1.02. The van der Waals surface area contributed by atoms with Crippen LogP contribution in [0.25, 0.3) is 0 Å².